The Bertz CT molecular complexity index is 497. The summed E-state index contributed by atoms with van der Waals surface area (Å²) in [6.45, 7) is 6.38. The maximum atomic E-state index is 12.1. The summed E-state index contributed by atoms with van der Waals surface area (Å²) in [5, 5.41) is 0.706. The number of alkyl halides is 1. The zero-order valence-corrected chi connectivity index (χ0v) is 13.8. The molecule has 0 bridgehead atoms. The van der Waals surface area contributed by atoms with Crippen LogP contribution in [0, 0.1) is 0 Å². The van der Waals surface area contributed by atoms with Crippen LogP contribution < -0.4 is 4.72 Å². The Morgan fingerprint density at radius 3 is 2.32 bits per heavy atom. The second kappa shape index (κ2) is 6.83. The van der Waals surface area contributed by atoms with E-state index in [0.29, 0.717) is 11.9 Å². The van der Waals surface area contributed by atoms with Crippen LogP contribution in [0.4, 0.5) is 0 Å². The number of benzene rings is 1. The highest BCUT2D eigenvalue weighted by Gasteiger charge is 2.22. The van der Waals surface area contributed by atoms with Crippen LogP contribution in [0.3, 0.4) is 0 Å². The van der Waals surface area contributed by atoms with Gasteiger partial charge in [-0.3, -0.25) is 0 Å². The van der Waals surface area contributed by atoms with Crippen molar-refractivity contribution in [3.63, 3.8) is 0 Å². The molecule has 0 radical (unpaired) electrons. The zero-order valence-electron chi connectivity index (χ0n) is 11.4. The Kier molecular flexibility index (Phi) is 5.98. The molecule has 0 heterocycles. The van der Waals surface area contributed by atoms with Crippen LogP contribution in [0.25, 0.3) is 0 Å². The topological polar surface area (TPSA) is 55.4 Å². The fraction of sp³-hybridized carbons (Fsp3) is 0.538. The van der Waals surface area contributed by atoms with E-state index in [9.17, 15) is 8.42 Å². The third-order valence-electron chi connectivity index (χ3n) is 2.61. The van der Waals surface area contributed by atoms with Crippen LogP contribution in [-0.2, 0) is 20.1 Å². The first kappa shape index (κ1) is 16.6. The van der Waals surface area contributed by atoms with Crippen molar-refractivity contribution >= 4 is 26.0 Å². The van der Waals surface area contributed by atoms with E-state index >= 15 is 0 Å². The highest BCUT2D eigenvalue weighted by molar-refractivity contribution is 9.08. The Hall–Kier alpha value is -0.430. The van der Waals surface area contributed by atoms with Gasteiger partial charge in [0.25, 0.3) is 0 Å². The molecule has 0 aliphatic rings. The summed E-state index contributed by atoms with van der Waals surface area (Å²) >= 11 is 3.32. The minimum absolute atomic E-state index is 0.239. The van der Waals surface area contributed by atoms with Crippen LogP contribution >= 0.6 is 15.9 Å². The van der Waals surface area contributed by atoms with E-state index < -0.39 is 15.6 Å². The van der Waals surface area contributed by atoms with E-state index in [1.54, 1.807) is 24.3 Å². The predicted molar refractivity (Wildman–Crippen MR) is 80.0 cm³/mol. The minimum atomic E-state index is -3.48. The lowest BCUT2D eigenvalue weighted by molar-refractivity contribution is -0.00515. The van der Waals surface area contributed by atoms with Gasteiger partial charge in [0.2, 0.25) is 10.0 Å². The van der Waals surface area contributed by atoms with Gasteiger partial charge in [-0.2, -0.15) is 0 Å². The number of sulfonamides is 1. The number of hydrogen-bond donors (Lipinski definition) is 1. The standard InChI is InChI=1S/C13H20BrNO3S/c1-4-18-13(2,3)10-15-19(16,17)12-7-5-11(9-14)6-8-12/h5-8,15H,4,9-10H2,1-3H3. The van der Waals surface area contributed by atoms with Crippen LogP contribution in [0.2, 0.25) is 0 Å². The van der Waals surface area contributed by atoms with E-state index in [2.05, 4.69) is 20.7 Å². The highest BCUT2D eigenvalue weighted by atomic mass is 79.9. The van der Waals surface area contributed by atoms with Crippen LogP contribution in [0.15, 0.2) is 29.2 Å². The van der Waals surface area contributed by atoms with Crippen molar-refractivity contribution in [2.45, 2.75) is 36.6 Å². The second-order valence-corrected chi connectivity index (χ2v) is 7.12. The normalized spacial score (nSPS) is 12.6. The summed E-state index contributed by atoms with van der Waals surface area (Å²) in [4.78, 5) is 0.268. The fourth-order valence-electron chi connectivity index (χ4n) is 1.55. The van der Waals surface area contributed by atoms with Crippen molar-refractivity contribution in [2.75, 3.05) is 13.2 Å². The molecule has 0 saturated carbocycles. The lowest BCUT2D eigenvalue weighted by atomic mass is 10.1. The molecule has 19 heavy (non-hydrogen) atoms. The molecular formula is C13H20BrNO3S. The van der Waals surface area contributed by atoms with Crippen molar-refractivity contribution in [1.82, 2.24) is 4.72 Å². The lowest BCUT2D eigenvalue weighted by Gasteiger charge is -2.24. The molecule has 0 saturated heterocycles. The molecular weight excluding hydrogens is 330 g/mol. The Balaban J connectivity index is 2.75. The number of rotatable bonds is 7. The molecule has 0 aliphatic heterocycles. The average Bonchev–Trinajstić information content (AvgIpc) is 2.37. The van der Waals surface area contributed by atoms with Gasteiger partial charge in [0, 0.05) is 18.5 Å². The largest absolute Gasteiger partial charge is 0.375 e. The van der Waals surface area contributed by atoms with Crippen molar-refractivity contribution in [2.24, 2.45) is 0 Å². The van der Waals surface area contributed by atoms with Gasteiger partial charge < -0.3 is 4.74 Å². The van der Waals surface area contributed by atoms with Crippen molar-refractivity contribution < 1.29 is 13.2 Å². The first-order valence-corrected chi connectivity index (χ1v) is 8.70. The maximum Gasteiger partial charge on any atom is 0.240 e. The van der Waals surface area contributed by atoms with E-state index in [0.717, 1.165) is 5.56 Å². The van der Waals surface area contributed by atoms with E-state index in [1.807, 2.05) is 20.8 Å². The van der Waals surface area contributed by atoms with Crippen molar-refractivity contribution in [3.8, 4) is 0 Å². The molecule has 0 amide bonds. The molecule has 1 N–H and O–H groups in total. The molecule has 0 atom stereocenters. The van der Waals surface area contributed by atoms with Crippen LogP contribution in [-0.4, -0.2) is 27.2 Å². The van der Waals surface area contributed by atoms with Gasteiger partial charge in [-0.25, -0.2) is 13.1 Å². The number of hydrogen-bond acceptors (Lipinski definition) is 3. The molecule has 0 fully saturated rings. The van der Waals surface area contributed by atoms with Gasteiger partial charge in [-0.1, -0.05) is 28.1 Å². The van der Waals surface area contributed by atoms with Crippen LogP contribution in [0.1, 0.15) is 26.3 Å². The Morgan fingerprint density at radius 2 is 1.84 bits per heavy atom. The molecule has 0 spiro atoms. The Morgan fingerprint density at radius 1 is 1.26 bits per heavy atom. The summed E-state index contributed by atoms with van der Waals surface area (Å²) in [5.41, 5.74) is 0.519. The summed E-state index contributed by atoms with van der Waals surface area (Å²) in [7, 11) is -3.48. The number of ether oxygens (including phenoxy) is 1. The summed E-state index contributed by atoms with van der Waals surface area (Å²) in [6, 6.07) is 6.78. The van der Waals surface area contributed by atoms with Gasteiger partial charge in [-0.05, 0) is 38.5 Å². The predicted octanol–water partition coefficient (Wildman–Crippen LogP) is 2.67. The number of halogens is 1. The molecule has 108 valence electrons. The maximum absolute atomic E-state index is 12.1. The first-order valence-electron chi connectivity index (χ1n) is 6.09. The first-order chi connectivity index (χ1) is 8.80. The van der Waals surface area contributed by atoms with E-state index in [-0.39, 0.29) is 11.4 Å². The summed E-state index contributed by atoms with van der Waals surface area (Å²) in [6.07, 6.45) is 0. The highest BCUT2D eigenvalue weighted by Crippen LogP contribution is 2.14. The smallest absolute Gasteiger partial charge is 0.240 e. The molecule has 1 rings (SSSR count). The minimum Gasteiger partial charge on any atom is -0.375 e. The molecule has 0 unspecified atom stereocenters. The van der Waals surface area contributed by atoms with Gasteiger partial charge in [0.1, 0.15) is 0 Å². The van der Waals surface area contributed by atoms with Gasteiger partial charge in [0.15, 0.2) is 0 Å². The Labute approximate surface area is 123 Å². The summed E-state index contributed by atoms with van der Waals surface area (Å²) in [5.74, 6) is 0. The summed E-state index contributed by atoms with van der Waals surface area (Å²) < 4.78 is 32.2. The molecule has 0 aromatic heterocycles. The monoisotopic (exact) mass is 349 g/mol. The van der Waals surface area contributed by atoms with Gasteiger partial charge in [0.05, 0.1) is 10.5 Å². The average molecular weight is 350 g/mol. The molecule has 1 aromatic carbocycles. The second-order valence-electron chi connectivity index (χ2n) is 4.79. The quantitative estimate of drug-likeness (QED) is 0.770. The van der Waals surface area contributed by atoms with Crippen molar-refractivity contribution in [1.29, 1.82) is 0 Å². The lowest BCUT2D eigenvalue weighted by Crippen LogP contribution is -2.40. The zero-order chi connectivity index (χ0) is 14.5. The fourth-order valence-corrected chi connectivity index (χ4v) is 3.12. The van der Waals surface area contributed by atoms with Gasteiger partial charge in [-0.15, -0.1) is 0 Å². The van der Waals surface area contributed by atoms with E-state index in [4.69, 9.17) is 4.74 Å². The van der Waals surface area contributed by atoms with Crippen LogP contribution in [0.5, 0.6) is 0 Å². The molecule has 4 nitrogen and oxygen atoms in total. The third kappa shape index (κ3) is 5.22. The molecule has 0 aliphatic carbocycles. The van der Waals surface area contributed by atoms with Crippen molar-refractivity contribution in [3.05, 3.63) is 29.8 Å². The number of nitrogens with one attached hydrogen (secondary N) is 1. The molecule has 1 aromatic rings. The third-order valence-corrected chi connectivity index (χ3v) is 4.68. The SMILES string of the molecule is CCOC(C)(C)CNS(=O)(=O)c1ccc(CBr)cc1. The van der Waals surface area contributed by atoms with Gasteiger partial charge >= 0.3 is 0 Å². The molecule has 6 heteroatoms. The van der Waals surface area contributed by atoms with E-state index in [1.165, 1.54) is 0 Å².